The first-order valence-electron chi connectivity index (χ1n) is 14.5. The fourth-order valence-corrected chi connectivity index (χ4v) is 6.02. The molecule has 3 fully saturated rings. The first kappa shape index (κ1) is 28.2. The molecule has 4 rings (SSSR count). The number of rotatable bonds is 8. The predicted octanol–water partition coefficient (Wildman–Crippen LogP) is 3.66. The normalized spacial score (nSPS) is 27.8. The van der Waals surface area contributed by atoms with Gasteiger partial charge in [-0.3, -0.25) is 9.69 Å². The minimum absolute atomic E-state index is 0.0957. The third kappa shape index (κ3) is 8.11. The van der Waals surface area contributed by atoms with E-state index in [-0.39, 0.29) is 23.3 Å². The van der Waals surface area contributed by atoms with Crippen LogP contribution in [0.5, 0.6) is 0 Å². The molecule has 0 unspecified atom stereocenters. The number of methoxy groups -OCH3 is 1. The molecule has 37 heavy (non-hydrogen) atoms. The Morgan fingerprint density at radius 3 is 2.32 bits per heavy atom. The average Bonchev–Trinajstić information content (AvgIpc) is 2.88. The number of carbonyl (C=O) groups excluding carboxylic acids is 1. The Morgan fingerprint density at radius 2 is 1.70 bits per heavy atom. The van der Waals surface area contributed by atoms with E-state index in [9.17, 15) is 9.90 Å². The number of aromatic nitrogens is 2. The first-order valence-corrected chi connectivity index (χ1v) is 14.5. The van der Waals surface area contributed by atoms with Crippen molar-refractivity contribution in [1.29, 1.82) is 0 Å². The number of nitrogens with one attached hydrogen (secondary N) is 1. The number of hydrogen-bond acceptors (Lipinski definition) is 7. The number of carbonyl (C=O) groups is 1. The number of aliphatic hydroxyl groups excluding tert-OH is 1. The van der Waals surface area contributed by atoms with Crippen LogP contribution in [0.25, 0.3) is 0 Å². The van der Waals surface area contributed by atoms with Gasteiger partial charge in [-0.05, 0) is 70.3 Å². The van der Waals surface area contributed by atoms with E-state index in [0.29, 0.717) is 12.6 Å². The Kier molecular flexibility index (Phi) is 9.81. The lowest BCUT2D eigenvalue weighted by Gasteiger charge is -2.37. The number of hydrogen-bond donors (Lipinski definition) is 2. The summed E-state index contributed by atoms with van der Waals surface area (Å²) in [5.41, 5.74) is 0.853. The number of anilines is 1. The van der Waals surface area contributed by atoms with Gasteiger partial charge >= 0.3 is 0 Å². The van der Waals surface area contributed by atoms with E-state index in [4.69, 9.17) is 14.7 Å². The van der Waals surface area contributed by atoms with Gasteiger partial charge in [0.1, 0.15) is 11.6 Å². The van der Waals surface area contributed by atoms with E-state index in [2.05, 4.69) is 42.0 Å². The molecule has 0 atom stereocenters. The van der Waals surface area contributed by atoms with Gasteiger partial charge in [-0.2, -0.15) is 0 Å². The maximum atomic E-state index is 12.6. The minimum Gasteiger partial charge on any atom is -0.393 e. The molecule has 1 aromatic rings. The number of amides is 1. The summed E-state index contributed by atoms with van der Waals surface area (Å²) in [6.07, 6.45) is 8.89. The van der Waals surface area contributed by atoms with Crippen molar-refractivity contribution in [3.63, 3.8) is 0 Å². The van der Waals surface area contributed by atoms with Crippen molar-refractivity contribution in [3.8, 4) is 0 Å². The van der Waals surface area contributed by atoms with E-state index >= 15 is 0 Å². The number of aliphatic hydroxyl groups is 1. The van der Waals surface area contributed by atoms with Gasteiger partial charge in [0.15, 0.2) is 0 Å². The van der Waals surface area contributed by atoms with E-state index in [1.54, 1.807) is 7.11 Å². The lowest BCUT2D eigenvalue weighted by atomic mass is 9.83. The van der Waals surface area contributed by atoms with Gasteiger partial charge < -0.3 is 20.1 Å². The molecule has 0 spiro atoms. The zero-order valence-corrected chi connectivity index (χ0v) is 23.5. The van der Waals surface area contributed by atoms with Crippen molar-refractivity contribution in [2.45, 2.75) is 103 Å². The van der Waals surface area contributed by atoms with Crippen LogP contribution in [0.15, 0.2) is 6.07 Å². The summed E-state index contributed by atoms with van der Waals surface area (Å²) in [7, 11) is 1.71. The van der Waals surface area contributed by atoms with Crippen LogP contribution in [0.1, 0.15) is 90.1 Å². The fraction of sp³-hybridized carbons (Fsp3) is 0.828. The monoisotopic (exact) mass is 515 g/mol. The molecule has 2 heterocycles. The van der Waals surface area contributed by atoms with E-state index in [0.717, 1.165) is 94.5 Å². The molecular formula is C29H49N5O3. The maximum Gasteiger partial charge on any atom is 0.223 e. The van der Waals surface area contributed by atoms with Crippen LogP contribution in [0.4, 0.5) is 5.82 Å². The topological polar surface area (TPSA) is 90.8 Å². The average molecular weight is 516 g/mol. The van der Waals surface area contributed by atoms with Crippen molar-refractivity contribution in [1.82, 2.24) is 20.2 Å². The molecule has 1 aromatic heterocycles. The van der Waals surface area contributed by atoms with Crippen molar-refractivity contribution in [2.24, 2.45) is 11.8 Å². The summed E-state index contributed by atoms with van der Waals surface area (Å²) < 4.78 is 5.36. The third-order valence-corrected chi connectivity index (χ3v) is 8.54. The molecule has 208 valence electrons. The molecule has 1 amide bonds. The molecule has 3 aliphatic rings. The van der Waals surface area contributed by atoms with E-state index < -0.39 is 0 Å². The Hall–Kier alpha value is -1.77. The van der Waals surface area contributed by atoms with E-state index in [1.807, 2.05) is 0 Å². The predicted molar refractivity (Wildman–Crippen MR) is 147 cm³/mol. The second-order valence-corrected chi connectivity index (χ2v) is 12.6. The standard InChI is InChI=1S/C29H49N5O3/c1-29(2,3)28-31-24(20-37-4)19-26(32-28)34-17-15-33(16-18-34)14-13-21-5-9-23(10-6-21)30-27(36)22-7-11-25(35)12-8-22/h19,21-23,25,35H,5-18,20H2,1-4H3,(H,30,36)/t21-,22-,23+,25+. The molecular weight excluding hydrogens is 466 g/mol. The van der Waals surface area contributed by atoms with Gasteiger partial charge in [-0.25, -0.2) is 9.97 Å². The minimum atomic E-state index is -0.204. The molecule has 0 aromatic carbocycles. The highest BCUT2D eigenvalue weighted by molar-refractivity contribution is 5.79. The van der Waals surface area contributed by atoms with Gasteiger partial charge in [0.05, 0.1) is 18.4 Å². The number of nitrogens with zero attached hydrogens (tertiary/aromatic N) is 4. The largest absolute Gasteiger partial charge is 0.393 e. The Balaban J connectivity index is 1.17. The Labute approximate surface area is 223 Å². The molecule has 0 bridgehead atoms. The molecule has 2 aliphatic carbocycles. The van der Waals surface area contributed by atoms with Crippen LogP contribution < -0.4 is 10.2 Å². The Bertz CT molecular complexity index is 865. The molecule has 1 saturated heterocycles. The zero-order chi connectivity index (χ0) is 26.4. The molecule has 2 saturated carbocycles. The van der Waals surface area contributed by atoms with Crippen LogP contribution in [0.3, 0.4) is 0 Å². The number of piperazine rings is 1. The summed E-state index contributed by atoms with van der Waals surface area (Å²) in [5.74, 6) is 3.00. The van der Waals surface area contributed by atoms with Crippen LogP contribution in [-0.2, 0) is 21.6 Å². The third-order valence-electron chi connectivity index (χ3n) is 8.54. The van der Waals surface area contributed by atoms with Crippen molar-refractivity contribution in [3.05, 3.63) is 17.6 Å². The summed E-state index contributed by atoms with van der Waals surface area (Å²) >= 11 is 0. The molecule has 8 nitrogen and oxygen atoms in total. The lowest BCUT2D eigenvalue weighted by molar-refractivity contribution is -0.127. The molecule has 0 radical (unpaired) electrons. The van der Waals surface area contributed by atoms with Crippen LogP contribution in [0, 0.1) is 11.8 Å². The van der Waals surface area contributed by atoms with Gasteiger partial charge in [0.25, 0.3) is 0 Å². The van der Waals surface area contributed by atoms with Crippen molar-refractivity contribution in [2.75, 3.05) is 44.7 Å². The van der Waals surface area contributed by atoms with Crippen LogP contribution >= 0.6 is 0 Å². The summed E-state index contributed by atoms with van der Waals surface area (Å²) in [4.78, 5) is 27.3. The first-order chi connectivity index (χ1) is 17.7. The quantitative estimate of drug-likeness (QED) is 0.546. The highest BCUT2D eigenvalue weighted by Crippen LogP contribution is 2.29. The molecule has 8 heteroatoms. The Morgan fingerprint density at radius 1 is 1.03 bits per heavy atom. The highest BCUT2D eigenvalue weighted by atomic mass is 16.5. The van der Waals surface area contributed by atoms with Crippen molar-refractivity contribution >= 4 is 11.7 Å². The summed E-state index contributed by atoms with van der Waals surface area (Å²) in [6, 6.07) is 2.43. The van der Waals surface area contributed by atoms with Crippen molar-refractivity contribution < 1.29 is 14.6 Å². The van der Waals surface area contributed by atoms with Gasteiger partial charge in [0.2, 0.25) is 5.91 Å². The molecule has 1 aliphatic heterocycles. The number of ether oxygens (including phenoxy) is 1. The smallest absolute Gasteiger partial charge is 0.223 e. The lowest BCUT2D eigenvalue weighted by Crippen LogP contribution is -2.47. The van der Waals surface area contributed by atoms with Gasteiger partial charge in [0, 0.05) is 56.7 Å². The maximum absolute atomic E-state index is 12.6. The fourth-order valence-electron chi connectivity index (χ4n) is 6.02. The SMILES string of the molecule is COCc1cc(N2CCN(CC[C@H]3CC[C@@H](NC(=O)[C@H]4CC[C@@H](O)CC4)CC3)CC2)nc(C(C)(C)C)n1. The highest BCUT2D eigenvalue weighted by Gasteiger charge is 2.29. The van der Waals surface area contributed by atoms with E-state index in [1.165, 1.54) is 19.3 Å². The molecule has 2 N–H and O–H groups in total. The summed E-state index contributed by atoms with van der Waals surface area (Å²) in [5, 5.41) is 13.0. The van der Waals surface area contributed by atoms with Gasteiger partial charge in [-0.1, -0.05) is 20.8 Å². The van der Waals surface area contributed by atoms with Crippen LogP contribution in [0.2, 0.25) is 0 Å². The second-order valence-electron chi connectivity index (χ2n) is 12.6. The van der Waals surface area contributed by atoms with Crippen LogP contribution in [-0.4, -0.2) is 77.9 Å². The van der Waals surface area contributed by atoms with Gasteiger partial charge in [-0.15, -0.1) is 0 Å². The second kappa shape index (κ2) is 12.9. The summed E-state index contributed by atoms with van der Waals surface area (Å²) in [6.45, 7) is 12.3. The zero-order valence-electron chi connectivity index (χ0n) is 23.5.